The summed E-state index contributed by atoms with van der Waals surface area (Å²) in [7, 11) is 1.95. The molecule has 2 rings (SSSR count). The first-order valence-corrected chi connectivity index (χ1v) is 6.15. The third-order valence-electron chi connectivity index (χ3n) is 3.26. The minimum atomic E-state index is 0.206. The van der Waals surface area contributed by atoms with E-state index in [1.54, 1.807) is 0 Å². The summed E-state index contributed by atoms with van der Waals surface area (Å²) in [5.74, 6) is 6.44. The molecule has 0 spiro atoms. The normalized spacial score (nSPS) is 18.9. The summed E-state index contributed by atoms with van der Waals surface area (Å²) in [5.41, 5.74) is 4.04. The maximum absolute atomic E-state index is 5.62. The molecule has 0 aliphatic heterocycles. The van der Waals surface area contributed by atoms with E-state index in [1.165, 1.54) is 19.3 Å². The van der Waals surface area contributed by atoms with Gasteiger partial charge in [-0.15, -0.1) is 0 Å². The van der Waals surface area contributed by atoms with Crippen LogP contribution in [0, 0.1) is 5.92 Å². The summed E-state index contributed by atoms with van der Waals surface area (Å²) >= 11 is 3.51. The summed E-state index contributed by atoms with van der Waals surface area (Å²) in [5, 5.41) is 4.21. The quantitative estimate of drug-likeness (QED) is 0.650. The first-order chi connectivity index (χ1) is 7.22. The van der Waals surface area contributed by atoms with E-state index in [2.05, 4.69) is 26.5 Å². The van der Waals surface area contributed by atoms with Crippen LogP contribution in [0.4, 0.5) is 0 Å². The fourth-order valence-corrected chi connectivity index (χ4v) is 2.76. The van der Waals surface area contributed by atoms with Gasteiger partial charge in [-0.3, -0.25) is 16.0 Å². The highest BCUT2D eigenvalue weighted by atomic mass is 79.9. The van der Waals surface area contributed by atoms with Gasteiger partial charge >= 0.3 is 0 Å². The molecular weight excluding hydrogens is 256 g/mol. The number of nitrogens with two attached hydrogens (primary N) is 1. The van der Waals surface area contributed by atoms with Gasteiger partial charge in [-0.1, -0.05) is 19.3 Å². The summed E-state index contributed by atoms with van der Waals surface area (Å²) in [6.07, 6.45) is 6.98. The number of nitrogens with one attached hydrogen (secondary N) is 1. The molecular formula is C10H17BrN4. The van der Waals surface area contributed by atoms with Gasteiger partial charge in [0.1, 0.15) is 0 Å². The molecule has 0 radical (unpaired) electrons. The van der Waals surface area contributed by atoms with Crippen molar-refractivity contribution >= 4 is 15.9 Å². The van der Waals surface area contributed by atoms with E-state index in [1.807, 2.05) is 17.9 Å². The Morgan fingerprint density at radius 3 is 2.87 bits per heavy atom. The van der Waals surface area contributed by atoms with Crippen LogP contribution in [0.2, 0.25) is 0 Å². The molecule has 84 valence electrons. The molecule has 1 heterocycles. The van der Waals surface area contributed by atoms with E-state index >= 15 is 0 Å². The van der Waals surface area contributed by atoms with Crippen LogP contribution in [-0.4, -0.2) is 9.78 Å². The smallest absolute Gasteiger partial charge is 0.0705 e. The van der Waals surface area contributed by atoms with Crippen molar-refractivity contribution in [2.45, 2.75) is 31.7 Å². The van der Waals surface area contributed by atoms with Crippen molar-refractivity contribution in [1.29, 1.82) is 0 Å². The number of aromatic nitrogens is 2. The van der Waals surface area contributed by atoms with Crippen molar-refractivity contribution < 1.29 is 0 Å². The minimum Gasteiger partial charge on any atom is -0.271 e. The first-order valence-electron chi connectivity index (χ1n) is 5.36. The number of hydrazine groups is 1. The Hall–Kier alpha value is -0.390. The Kier molecular flexibility index (Phi) is 3.43. The third kappa shape index (κ3) is 2.24. The predicted molar refractivity (Wildman–Crippen MR) is 62.9 cm³/mol. The standard InChI is InChI=1S/C10H17BrN4/c1-15-10(8(11)6-13-15)9(14-12)5-7-3-2-4-7/h6-7,9,14H,2-5,12H2,1H3. The van der Waals surface area contributed by atoms with Crippen molar-refractivity contribution in [1.82, 2.24) is 15.2 Å². The van der Waals surface area contributed by atoms with Gasteiger partial charge in [0.05, 0.1) is 22.4 Å². The fourth-order valence-electron chi connectivity index (χ4n) is 2.13. The van der Waals surface area contributed by atoms with E-state index in [0.29, 0.717) is 0 Å². The topological polar surface area (TPSA) is 55.9 Å². The van der Waals surface area contributed by atoms with Crippen LogP contribution in [0.1, 0.15) is 37.4 Å². The zero-order valence-electron chi connectivity index (χ0n) is 8.91. The number of hydrogen-bond donors (Lipinski definition) is 2. The largest absolute Gasteiger partial charge is 0.271 e. The van der Waals surface area contributed by atoms with Crippen LogP contribution in [0.15, 0.2) is 10.7 Å². The zero-order chi connectivity index (χ0) is 10.8. The van der Waals surface area contributed by atoms with E-state index in [9.17, 15) is 0 Å². The van der Waals surface area contributed by atoms with Crippen LogP contribution in [0.5, 0.6) is 0 Å². The second-order valence-electron chi connectivity index (χ2n) is 4.25. The maximum Gasteiger partial charge on any atom is 0.0705 e. The molecule has 1 aromatic heterocycles. The molecule has 4 nitrogen and oxygen atoms in total. The maximum atomic E-state index is 5.62. The monoisotopic (exact) mass is 272 g/mol. The van der Waals surface area contributed by atoms with E-state index < -0.39 is 0 Å². The van der Waals surface area contributed by atoms with Crippen LogP contribution < -0.4 is 11.3 Å². The lowest BCUT2D eigenvalue weighted by Gasteiger charge is -2.29. The number of hydrogen-bond acceptors (Lipinski definition) is 3. The number of rotatable bonds is 4. The van der Waals surface area contributed by atoms with Gasteiger partial charge in [-0.25, -0.2) is 0 Å². The van der Waals surface area contributed by atoms with E-state index in [0.717, 1.165) is 22.5 Å². The van der Waals surface area contributed by atoms with Crippen molar-refractivity contribution in [2.24, 2.45) is 18.8 Å². The predicted octanol–water partition coefficient (Wildman–Crippen LogP) is 1.88. The van der Waals surface area contributed by atoms with Gasteiger partial charge in [-0.2, -0.15) is 5.10 Å². The molecule has 15 heavy (non-hydrogen) atoms. The summed E-state index contributed by atoms with van der Waals surface area (Å²) in [4.78, 5) is 0. The van der Waals surface area contributed by atoms with Gasteiger partial charge in [-0.05, 0) is 28.3 Å². The highest BCUT2D eigenvalue weighted by Gasteiger charge is 2.25. The molecule has 1 aliphatic rings. The molecule has 0 saturated heterocycles. The Labute approximate surface area is 98.3 Å². The van der Waals surface area contributed by atoms with Crippen molar-refractivity contribution in [3.63, 3.8) is 0 Å². The lowest BCUT2D eigenvalue weighted by molar-refractivity contribution is 0.257. The molecule has 0 bridgehead atoms. The lowest BCUT2D eigenvalue weighted by atomic mass is 9.80. The summed E-state index contributed by atoms with van der Waals surface area (Å²) in [6, 6.07) is 0.206. The third-order valence-corrected chi connectivity index (χ3v) is 3.87. The molecule has 1 saturated carbocycles. The van der Waals surface area contributed by atoms with Gasteiger partial charge in [0.25, 0.3) is 0 Å². The number of halogens is 1. The highest BCUT2D eigenvalue weighted by molar-refractivity contribution is 9.10. The first kappa shape index (κ1) is 11.1. The molecule has 3 N–H and O–H groups in total. The Balaban J connectivity index is 2.10. The molecule has 0 amide bonds. The van der Waals surface area contributed by atoms with Gasteiger partial charge in [0.15, 0.2) is 0 Å². The van der Waals surface area contributed by atoms with Crippen molar-refractivity contribution in [2.75, 3.05) is 0 Å². The second kappa shape index (κ2) is 4.63. The lowest BCUT2D eigenvalue weighted by Crippen LogP contribution is -2.32. The van der Waals surface area contributed by atoms with Crippen LogP contribution >= 0.6 is 15.9 Å². The Morgan fingerprint density at radius 1 is 1.73 bits per heavy atom. The van der Waals surface area contributed by atoms with Crippen LogP contribution in [0.25, 0.3) is 0 Å². The number of aryl methyl sites for hydroxylation is 1. The highest BCUT2D eigenvalue weighted by Crippen LogP contribution is 2.35. The Morgan fingerprint density at radius 2 is 2.47 bits per heavy atom. The molecule has 5 heteroatoms. The molecule has 1 aromatic rings. The second-order valence-corrected chi connectivity index (χ2v) is 5.11. The van der Waals surface area contributed by atoms with Crippen molar-refractivity contribution in [3.05, 3.63) is 16.4 Å². The SMILES string of the molecule is Cn1ncc(Br)c1C(CC1CCC1)NN. The van der Waals surface area contributed by atoms with E-state index in [-0.39, 0.29) is 6.04 Å². The van der Waals surface area contributed by atoms with Gasteiger partial charge in [0, 0.05) is 7.05 Å². The summed E-state index contributed by atoms with van der Waals surface area (Å²) in [6.45, 7) is 0. The molecule has 0 aromatic carbocycles. The van der Waals surface area contributed by atoms with E-state index in [4.69, 9.17) is 5.84 Å². The van der Waals surface area contributed by atoms with Gasteiger partial charge in [0.2, 0.25) is 0 Å². The average Bonchev–Trinajstić information content (AvgIpc) is 2.47. The minimum absolute atomic E-state index is 0.206. The molecule has 1 atom stereocenters. The Bertz CT molecular complexity index is 313. The zero-order valence-corrected chi connectivity index (χ0v) is 10.5. The molecule has 1 aliphatic carbocycles. The van der Waals surface area contributed by atoms with Crippen molar-refractivity contribution in [3.8, 4) is 0 Å². The van der Waals surface area contributed by atoms with Crippen LogP contribution in [0.3, 0.4) is 0 Å². The average molecular weight is 273 g/mol. The fraction of sp³-hybridized carbons (Fsp3) is 0.700. The van der Waals surface area contributed by atoms with Gasteiger partial charge < -0.3 is 0 Å². The molecule has 1 unspecified atom stereocenters. The van der Waals surface area contributed by atoms with Crippen LogP contribution in [-0.2, 0) is 7.05 Å². The molecule has 1 fully saturated rings. The number of nitrogens with zero attached hydrogens (tertiary/aromatic N) is 2. The summed E-state index contributed by atoms with van der Waals surface area (Å²) < 4.78 is 2.92.